The fraction of sp³-hybridized carbons (Fsp3) is 0.231. The van der Waals surface area contributed by atoms with Crippen LogP contribution in [0.5, 0.6) is 0 Å². The molecule has 0 saturated heterocycles. The Labute approximate surface area is 129 Å². The van der Waals surface area contributed by atoms with Crippen molar-refractivity contribution >= 4 is 40.2 Å². The molecule has 100 valence electrons. The van der Waals surface area contributed by atoms with Crippen LogP contribution in [0.25, 0.3) is 0 Å². The Bertz CT molecular complexity index is 565. The van der Waals surface area contributed by atoms with Crippen LogP contribution < -0.4 is 5.32 Å². The minimum atomic E-state index is -0.220. The molecule has 19 heavy (non-hydrogen) atoms. The van der Waals surface area contributed by atoms with E-state index in [0.29, 0.717) is 5.75 Å². The molecule has 0 atom stereocenters. The summed E-state index contributed by atoms with van der Waals surface area (Å²) >= 11 is 3.73. The van der Waals surface area contributed by atoms with Gasteiger partial charge in [-0.15, -0.1) is 11.8 Å². The van der Waals surface area contributed by atoms with E-state index in [1.54, 1.807) is 12.3 Å². The second-order valence-electron chi connectivity index (χ2n) is 3.76. The van der Waals surface area contributed by atoms with Crippen LogP contribution >= 0.6 is 34.4 Å². The lowest BCUT2D eigenvalue weighted by molar-refractivity contribution is 0.624. The molecule has 0 unspecified atom stereocenters. The zero-order valence-corrected chi connectivity index (χ0v) is 13.3. The molecule has 2 rings (SSSR count). The average Bonchev–Trinajstić information content (AvgIpc) is 2.40. The third-order valence-corrected chi connectivity index (χ3v) is 4.08. The molecule has 6 heteroatoms. The standard InChI is InChI=1S/C13H13FIN3S/c1-2-16-13-11(15)7-17-12(18-13)8-19-10-5-3-4-9(14)6-10/h3-7H,2,8H2,1H3,(H,16,17,18). The van der Waals surface area contributed by atoms with Gasteiger partial charge in [-0.1, -0.05) is 6.07 Å². The third-order valence-electron chi connectivity index (χ3n) is 2.30. The van der Waals surface area contributed by atoms with Crippen molar-refractivity contribution in [3.8, 4) is 0 Å². The minimum absolute atomic E-state index is 0.220. The fourth-order valence-corrected chi connectivity index (χ4v) is 2.73. The third kappa shape index (κ3) is 4.31. The Hall–Kier alpha value is -0.890. The van der Waals surface area contributed by atoms with E-state index in [1.165, 1.54) is 23.9 Å². The lowest BCUT2D eigenvalue weighted by Crippen LogP contribution is -2.05. The molecule has 0 aliphatic heterocycles. The molecule has 2 aromatic rings. The van der Waals surface area contributed by atoms with Crippen LogP contribution in [0, 0.1) is 9.39 Å². The van der Waals surface area contributed by atoms with Crippen LogP contribution in [0.4, 0.5) is 10.2 Å². The molecule has 1 aromatic heterocycles. The van der Waals surface area contributed by atoms with Crippen molar-refractivity contribution < 1.29 is 4.39 Å². The summed E-state index contributed by atoms with van der Waals surface area (Å²) in [5.74, 6) is 2.00. The Kier molecular flexibility index (Phi) is 5.38. The number of rotatable bonds is 5. The van der Waals surface area contributed by atoms with E-state index in [4.69, 9.17) is 0 Å². The van der Waals surface area contributed by atoms with Crippen molar-refractivity contribution in [3.05, 3.63) is 45.7 Å². The topological polar surface area (TPSA) is 37.8 Å². The first-order chi connectivity index (χ1) is 9.19. The molecule has 0 amide bonds. The highest BCUT2D eigenvalue weighted by molar-refractivity contribution is 14.1. The van der Waals surface area contributed by atoms with Crippen LogP contribution in [-0.4, -0.2) is 16.5 Å². The van der Waals surface area contributed by atoms with E-state index in [1.807, 2.05) is 13.0 Å². The highest BCUT2D eigenvalue weighted by Crippen LogP contribution is 2.23. The van der Waals surface area contributed by atoms with Gasteiger partial charge in [-0.05, 0) is 47.7 Å². The number of aromatic nitrogens is 2. The molecule has 0 bridgehead atoms. The maximum atomic E-state index is 13.1. The van der Waals surface area contributed by atoms with Crippen molar-refractivity contribution in [3.63, 3.8) is 0 Å². The zero-order valence-electron chi connectivity index (χ0n) is 10.4. The second kappa shape index (κ2) is 7.04. The van der Waals surface area contributed by atoms with Gasteiger partial charge < -0.3 is 5.32 Å². The fourth-order valence-electron chi connectivity index (χ4n) is 1.47. The largest absolute Gasteiger partial charge is 0.369 e. The number of hydrogen-bond acceptors (Lipinski definition) is 4. The first-order valence-electron chi connectivity index (χ1n) is 5.82. The van der Waals surface area contributed by atoms with E-state index in [0.717, 1.165) is 26.7 Å². The first-order valence-corrected chi connectivity index (χ1v) is 7.89. The smallest absolute Gasteiger partial charge is 0.143 e. The number of benzene rings is 1. The van der Waals surface area contributed by atoms with Gasteiger partial charge in [0.15, 0.2) is 0 Å². The molecule has 0 aliphatic carbocycles. The van der Waals surface area contributed by atoms with Gasteiger partial charge in [-0.2, -0.15) is 0 Å². The minimum Gasteiger partial charge on any atom is -0.369 e. The van der Waals surface area contributed by atoms with Crippen LogP contribution in [0.15, 0.2) is 35.4 Å². The summed E-state index contributed by atoms with van der Waals surface area (Å²) in [4.78, 5) is 9.62. The summed E-state index contributed by atoms with van der Waals surface area (Å²) in [6.45, 7) is 2.85. The number of nitrogens with one attached hydrogen (secondary N) is 1. The van der Waals surface area contributed by atoms with Gasteiger partial charge in [0.1, 0.15) is 17.5 Å². The molecular weight excluding hydrogens is 376 g/mol. The summed E-state index contributed by atoms with van der Waals surface area (Å²) in [6, 6.07) is 6.54. The highest BCUT2D eigenvalue weighted by Gasteiger charge is 2.05. The molecule has 0 aliphatic rings. The van der Waals surface area contributed by atoms with Gasteiger partial charge in [-0.3, -0.25) is 0 Å². The van der Waals surface area contributed by atoms with Crippen molar-refractivity contribution in [1.29, 1.82) is 0 Å². The molecule has 0 saturated carbocycles. The molecule has 0 radical (unpaired) electrons. The Morgan fingerprint density at radius 1 is 1.42 bits per heavy atom. The first kappa shape index (κ1) is 14.5. The van der Waals surface area contributed by atoms with Gasteiger partial charge in [-0.25, -0.2) is 14.4 Å². The highest BCUT2D eigenvalue weighted by atomic mass is 127. The maximum Gasteiger partial charge on any atom is 0.143 e. The van der Waals surface area contributed by atoms with Crippen molar-refractivity contribution in [2.45, 2.75) is 17.6 Å². The lowest BCUT2D eigenvalue weighted by atomic mass is 10.4. The number of hydrogen-bond donors (Lipinski definition) is 1. The quantitative estimate of drug-likeness (QED) is 0.621. The second-order valence-corrected chi connectivity index (χ2v) is 5.97. The summed E-state index contributed by atoms with van der Waals surface area (Å²) in [5.41, 5.74) is 0. The molecule has 1 heterocycles. The van der Waals surface area contributed by atoms with E-state index >= 15 is 0 Å². The number of thioether (sulfide) groups is 1. The summed E-state index contributed by atoms with van der Waals surface area (Å²) < 4.78 is 14.1. The van der Waals surface area contributed by atoms with Crippen molar-refractivity contribution in [2.24, 2.45) is 0 Å². The molecular formula is C13H13FIN3S. The average molecular weight is 389 g/mol. The SMILES string of the molecule is CCNc1nc(CSc2cccc(F)c2)ncc1I. The van der Waals surface area contributed by atoms with Gasteiger partial charge in [0.25, 0.3) is 0 Å². The van der Waals surface area contributed by atoms with Gasteiger partial charge in [0.05, 0.1) is 9.32 Å². The molecule has 0 spiro atoms. The monoisotopic (exact) mass is 389 g/mol. The molecule has 0 fully saturated rings. The summed E-state index contributed by atoms with van der Waals surface area (Å²) in [5, 5.41) is 3.20. The zero-order chi connectivity index (χ0) is 13.7. The van der Waals surface area contributed by atoms with Gasteiger partial charge in [0.2, 0.25) is 0 Å². The van der Waals surface area contributed by atoms with E-state index in [2.05, 4.69) is 37.9 Å². The number of halogens is 2. The summed E-state index contributed by atoms with van der Waals surface area (Å²) in [7, 11) is 0. The van der Waals surface area contributed by atoms with E-state index in [-0.39, 0.29) is 5.82 Å². The molecule has 1 aromatic carbocycles. The predicted octanol–water partition coefficient (Wildman–Crippen LogP) is 3.94. The lowest BCUT2D eigenvalue weighted by Gasteiger charge is -2.07. The van der Waals surface area contributed by atoms with Crippen LogP contribution in [0.2, 0.25) is 0 Å². The molecule has 1 N–H and O–H groups in total. The Morgan fingerprint density at radius 2 is 2.26 bits per heavy atom. The molecule has 3 nitrogen and oxygen atoms in total. The number of nitrogens with zero attached hydrogens (tertiary/aromatic N) is 2. The van der Waals surface area contributed by atoms with Gasteiger partial charge in [0, 0.05) is 17.6 Å². The van der Waals surface area contributed by atoms with E-state index in [9.17, 15) is 4.39 Å². The Balaban J connectivity index is 2.05. The van der Waals surface area contributed by atoms with Crippen LogP contribution in [0.1, 0.15) is 12.7 Å². The van der Waals surface area contributed by atoms with E-state index < -0.39 is 0 Å². The Morgan fingerprint density at radius 3 is 3.00 bits per heavy atom. The van der Waals surface area contributed by atoms with Crippen molar-refractivity contribution in [2.75, 3.05) is 11.9 Å². The van der Waals surface area contributed by atoms with Crippen LogP contribution in [0.3, 0.4) is 0 Å². The van der Waals surface area contributed by atoms with Crippen LogP contribution in [-0.2, 0) is 5.75 Å². The van der Waals surface area contributed by atoms with Crippen molar-refractivity contribution in [1.82, 2.24) is 9.97 Å². The van der Waals surface area contributed by atoms with Gasteiger partial charge >= 0.3 is 0 Å². The number of anilines is 1. The maximum absolute atomic E-state index is 13.1. The normalized spacial score (nSPS) is 10.5. The summed E-state index contributed by atoms with van der Waals surface area (Å²) in [6.07, 6.45) is 1.80. The predicted molar refractivity (Wildman–Crippen MR) is 84.9 cm³/mol.